The maximum Gasteiger partial charge on any atom is 0.258 e. The van der Waals surface area contributed by atoms with Crippen molar-refractivity contribution in [3.63, 3.8) is 0 Å². The van der Waals surface area contributed by atoms with Crippen molar-refractivity contribution in [1.29, 1.82) is 0 Å². The van der Waals surface area contributed by atoms with Crippen LogP contribution in [0.1, 0.15) is 24.1 Å². The first kappa shape index (κ1) is 11.3. The lowest BCUT2D eigenvalue weighted by Gasteiger charge is -2.13. The zero-order valence-electron chi connectivity index (χ0n) is 10.5. The van der Waals surface area contributed by atoms with Gasteiger partial charge in [0, 0.05) is 17.6 Å². The van der Waals surface area contributed by atoms with E-state index in [2.05, 4.69) is 12.6 Å². The molecule has 0 bridgehead atoms. The van der Waals surface area contributed by atoms with Crippen molar-refractivity contribution in [2.24, 2.45) is 0 Å². The van der Waals surface area contributed by atoms with Gasteiger partial charge >= 0.3 is 0 Å². The third kappa shape index (κ3) is 1.60. The molecule has 0 radical (unpaired) electrons. The summed E-state index contributed by atoms with van der Waals surface area (Å²) in [6.07, 6.45) is 6.03. The zero-order valence-corrected chi connectivity index (χ0v) is 10.5. The van der Waals surface area contributed by atoms with Crippen molar-refractivity contribution >= 4 is 10.8 Å². The van der Waals surface area contributed by atoms with Gasteiger partial charge in [-0.15, -0.1) is 6.58 Å². The number of fused-ring (bicyclic) bond motifs is 2. The summed E-state index contributed by atoms with van der Waals surface area (Å²) in [7, 11) is 0. The first-order chi connectivity index (χ1) is 8.83. The van der Waals surface area contributed by atoms with Gasteiger partial charge in [-0.25, -0.2) is 0 Å². The van der Waals surface area contributed by atoms with Crippen LogP contribution in [0.3, 0.4) is 0 Å². The molecule has 1 aliphatic heterocycles. The number of aromatic nitrogens is 1. The highest BCUT2D eigenvalue weighted by atomic mass is 16.1. The SMILES string of the molecule is C=CCCc1c2n(c(=O)c3ccccc13)CCC2. The van der Waals surface area contributed by atoms with Crippen molar-refractivity contribution in [2.45, 2.75) is 32.2 Å². The molecule has 3 rings (SSSR count). The molecule has 0 atom stereocenters. The molecular weight excluding hydrogens is 222 g/mol. The van der Waals surface area contributed by atoms with Crippen LogP contribution in [0.25, 0.3) is 10.8 Å². The number of benzene rings is 1. The van der Waals surface area contributed by atoms with Crippen LogP contribution in [0, 0.1) is 0 Å². The molecule has 1 aliphatic rings. The van der Waals surface area contributed by atoms with Crippen molar-refractivity contribution in [3.8, 4) is 0 Å². The normalized spacial score (nSPS) is 13.8. The molecule has 2 nitrogen and oxygen atoms in total. The summed E-state index contributed by atoms with van der Waals surface area (Å²) in [4.78, 5) is 12.4. The quantitative estimate of drug-likeness (QED) is 0.754. The fourth-order valence-electron chi connectivity index (χ4n) is 2.97. The number of hydrogen-bond donors (Lipinski definition) is 0. The number of aryl methyl sites for hydroxylation is 1. The minimum absolute atomic E-state index is 0.181. The summed E-state index contributed by atoms with van der Waals surface area (Å²) in [6.45, 7) is 4.67. The third-order valence-corrected chi connectivity index (χ3v) is 3.80. The number of allylic oxidation sites excluding steroid dienone is 1. The van der Waals surface area contributed by atoms with Crippen molar-refractivity contribution in [3.05, 3.63) is 58.5 Å². The summed E-state index contributed by atoms with van der Waals surface area (Å²) in [5.41, 5.74) is 2.78. The van der Waals surface area contributed by atoms with E-state index in [1.807, 2.05) is 28.8 Å². The molecule has 0 amide bonds. The van der Waals surface area contributed by atoms with Crippen LogP contribution in [0.5, 0.6) is 0 Å². The predicted molar refractivity (Wildman–Crippen MR) is 75.0 cm³/mol. The maximum absolute atomic E-state index is 12.4. The Balaban J connectivity index is 2.34. The lowest BCUT2D eigenvalue weighted by atomic mass is 9.99. The average Bonchev–Trinajstić information content (AvgIpc) is 2.88. The topological polar surface area (TPSA) is 22.0 Å². The zero-order chi connectivity index (χ0) is 12.5. The van der Waals surface area contributed by atoms with Gasteiger partial charge in [0.1, 0.15) is 0 Å². The molecule has 92 valence electrons. The number of rotatable bonds is 3. The first-order valence-electron chi connectivity index (χ1n) is 6.57. The Bertz CT molecular complexity index is 667. The molecule has 2 heteroatoms. The Kier molecular flexibility index (Phi) is 2.78. The van der Waals surface area contributed by atoms with Crippen LogP contribution < -0.4 is 5.56 Å². The Morgan fingerprint density at radius 1 is 1.28 bits per heavy atom. The number of hydrogen-bond acceptors (Lipinski definition) is 1. The second-order valence-corrected chi connectivity index (χ2v) is 4.86. The van der Waals surface area contributed by atoms with Gasteiger partial charge < -0.3 is 4.57 Å². The summed E-state index contributed by atoms with van der Waals surface area (Å²) in [5.74, 6) is 0. The van der Waals surface area contributed by atoms with Gasteiger partial charge in [0.2, 0.25) is 0 Å². The average molecular weight is 239 g/mol. The van der Waals surface area contributed by atoms with E-state index in [4.69, 9.17) is 0 Å². The van der Waals surface area contributed by atoms with Crippen LogP contribution >= 0.6 is 0 Å². The van der Waals surface area contributed by atoms with E-state index in [-0.39, 0.29) is 5.56 Å². The molecule has 0 spiro atoms. The molecule has 0 unspecified atom stereocenters. The summed E-state index contributed by atoms with van der Waals surface area (Å²) >= 11 is 0. The molecule has 18 heavy (non-hydrogen) atoms. The Hall–Kier alpha value is -1.83. The number of pyridine rings is 1. The highest BCUT2D eigenvalue weighted by Crippen LogP contribution is 2.25. The van der Waals surface area contributed by atoms with Crippen molar-refractivity contribution < 1.29 is 0 Å². The van der Waals surface area contributed by atoms with Crippen molar-refractivity contribution in [2.75, 3.05) is 0 Å². The van der Waals surface area contributed by atoms with E-state index >= 15 is 0 Å². The van der Waals surface area contributed by atoms with E-state index in [0.29, 0.717) is 0 Å². The maximum atomic E-state index is 12.4. The molecule has 0 saturated heterocycles. The molecule has 1 aromatic heterocycles. The summed E-state index contributed by atoms with van der Waals surface area (Å²) in [6, 6.07) is 7.99. The number of nitrogens with zero attached hydrogens (tertiary/aromatic N) is 1. The van der Waals surface area contributed by atoms with Gasteiger partial charge in [0.15, 0.2) is 0 Å². The largest absolute Gasteiger partial charge is 0.312 e. The van der Waals surface area contributed by atoms with Crippen LogP contribution in [-0.2, 0) is 19.4 Å². The second-order valence-electron chi connectivity index (χ2n) is 4.86. The Labute approximate surface area is 107 Å². The minimum Gasteiger partial charge on any atom is -0.312 e. The van der Waals surface area contributed by atoms with Gasteiger partial charge in [-0.05, 0) is 42.7 Å². The van der Waals surface area contributed by atoms with Gasteiger partial charge in [-0.3, -0.25) is 4.79 Å². The fraction of sp³-hybridized carbons (Fsp3) is 0.312. The first-order valence-corrected chi connectivity index (χ1v) is 6.57. The van der Waals surface area contributed by atoms with E-state index in [1.165, 1.54) is 11.3 Å². The highest BCUT2D eigenvalue weighted by Gasteiger charge is 2.19. The molecule has 0 aliphatic carbocycles. The lowest BCUT2D eigenvalue weighted by molar-refractivity contribution is 0.723. The highest BCUT2D eigenvalue weighted by molar-refractivity contribution is 5.85. The van der Waals surface area contributed by atoms with Gasteiger partial charge in [0.25, 0.3) is 5.56 Å². The monoisotopic (exact) mass is 239 g/mol. The summed E-state index contributed by atoms with van der Waals surface area (Å²) < 4.78 is 1.97. The molecular formula is C16H17NO. The van der Waals surface area contributed by atoms with Crippen LogP contribution in [0.4, 0.5) is 0 Å². The van der Waals surface area contributed by atoms with Gasteiger partial charge in [-0.2, -0.15) is 0 Å². The molecule has 1 aromatic carbocycles. The van der Waals surface area contributed by atoms with E-state index in [1.54, 1.807) is 0 Å². The molecule has 0 saturated carbocycles. The van der Waals surface area contributed by atoms with E-state index in [9.17, 15) is 4.79 Å². The smallest absolute Gasteiger partial charge is 0.258 e. The van der Waals surface area contributed by atoms with Gasteiger partial charge in [0.05, 0.1) is 0 Å². The molecule has 2 heterocycles. The standard InChI is InChI=1S/C16H17NO/c1-2-3-7-13-12-8-4-5-9-14(12)16(18)17-11-6-10-15(13)17/h2,4-5,8-9H,1,3,6-7,10-11H2. The lowest BCUT2D eigenvalue weighted by Crippen LogP contribution is -2.21. The van der Waals surface area contributed by atoms with E-state index in [0.717, 1.165) is 43.0 Å². The summed E-state index contributed by atoms with van der Waals surface area (Å²) in [5, 5.41) is 2.00. The van der Waals surface area contributed by atoms with Crippen LogP contribution in [0.2, 0.25) is 0 Å². The second kappa shape index (κ2) is 4.45. The Morgan fingerprint density at radius 3 is 2.83 bits per heavy atom. The predicted octanol–water partition coefficient (Wildman–Crippen LogP) is 3.07. The van der Waals surface area contributed by atoms with Gasteiger partial charge in [-0.1, -0.05) is 24.3 Å². The van der Waals surface area contributed by atoms with E-state index < -0.39 is 0 Å². The molecule has 2 aromatic rings. The molecule has 0 fully saturated rings. The fourth-order valence-corrected chi connectivity index (χ4v) is 2.97. The van der Waals surface area contributed by atoms with Crippen molar-refractivity contribution in [1.82, 2.24) is 4.57 Å². The minimum atomic E-state index is 0.181. The van der Waals surface area contributed by atoms with Crippen LogP contribution in [0.15, 0.2) is 41.7 Å². The third-order valence-electron chi connectivity index (χ3n) is 3.80. The Morgan fingerprint density at radius 2 is 2.06 bits per heavy atom. The molecule has 0 N–H and O–H groups in total. The van der Waals surface area contributed by atoms with Crippen LogP contribution in [-0.4, -0.2) is 4.57 Å².